The lowest BCUT2D eigenvalue weighted by molar-refractivity contribution is -0.0328. The van der Waals surface area contributed by atoms with Crippen LogP contribution in [0.2, 0.25) is 0 Å². The van der Waals surface area contributed by atoms with Crippen LogP contribution in [0, 0.1) is 17.1 Å². The number of thioether (sulfide) groups is 1. The number of carbonyl (C=O) groups excluding carboxylic acids is 1. The van der Waals surface area contributed by atoms with Crippen molar-refractivity contribution < 1.29 is 27.1 Å². The van der Waals surface area contributed by atoms with Crippen LogP contribution in [0.1, 0.15) is 15.9 Å². The number of nitrogens with zero attached hydrogens (tertiary/aromatic N) is 1. The lowest BCUT2D eigenvalue weighted by atomic mass is 10.1. The molecule has 0 aliphatic heterocycles. The number of rotatable bonds is 2. The number of alkyl halides is 3. The summed E-state index contributed by atoms with van der Waals surface area (Å²) in [6.45, 7) is 0. The second-order valence-corrected chi connectivity index (χ2v) is 4.09. The molecular weight excluding hydrogens is 274 g/mol. The highest BCUT2D eigenvalue weighted by Gasteiger charge is 2.32. The topological polar surface area (TPSA) is 50.1 Å². The van der Waals surface area contributed by atoms with Gasteiger partial charge in [-0.2, -0.15) is 18.4 Å². The van der Waals surface area contributed by atoms with Gasteiger partial charge in [-0.3, -0.25) is 0 Å². The molecule has 0 bridgehead atoms. The molecule has 0 atom stereocenters. The van der Waals surface area contributed by atoms with Crippen molar-refractivity contribution in [1.29, 1.82) is 5.26 Å². The minimum Gasteiger partial charge on any atom is -0.465 e. The predicted molar refractivity (Wildman–Crippen MR) is 54.4 cm³/mol. The van der Waals surface area contributed by atoms with E-state index >= 15 is 0 Å². The number of methoxy groups -OCH3 is 1. The molecular formula is C10H5F4NO2S. The number of benzene rings is 1. The molecule has 0 heterocycles. The fraction of sp³-hybridized carbons (Fsp3) is 0.200. The van der Waals surface area contributed by atoms with Crippen LogP contribution >= 0.6 is 11.8 Å². The summed E-state index contributed by atoms with van der Waals surface area (Å²) >= 11 is -0.662. The second kappa shape index (κ2) is 5.27. The van der Waals surface area contributed by atoms with Crippen molar-refractivity contribution in [1.82, 2.24) is 0 Å². The number of hydrogen-bond acceptors (Lipinski definition) is 4. The third-order valence-electron chi connectivity index (χ3n) is 1.81. The normalized spacial score (nSPS) is 10.9. The van der Waals surface area contributed by atoms with Gasteiger partial charge in [0.15, 0.2) is 0 Å². The van der Waals surface area contributed by atoms with E-state index in [4.69, 9.17) is 5.26 Å². The second-order valence-electron chi connectivity index (χ2n) is 2.98. The van der Waals surface area contributed by atoms with Gasteiger partial charge in [-0.05, 0) is 23.9 Å². The van der Waals surface area contributed by atoms with Crippen LogP contribution in [0.3, 0.4) is 0 Å². The first kappa shape index (κ1) is 14.3. The Balaban J connectivity index is 3.33. The number of ether oxygens (including phenoxy) is 1. The van der Waals surface area contributed by atoms with E-state index in [0.717, 1.165) is 13.2 Å². The quantitative estimate of drug-likeness (QED) is 0.474. The number of esters is 1. The molecule has 0 amide bonds. The Labute approximate surface area is 103 Å². The molecule has 0 aliphatic rings. The zero-order chi connectivity index (χ0) is 13.9. The Morgan fingerprint density at radius 1 is 1.44 bits per heavy atom. The molecule has 1 rings (SSSR count). The van der Waals surface area contributed by atoms with Crippen molar-refractivity contribution in [2.45, 2.75) is 10.4 Å². The zero-order valence-electron chi connectivity index (χ0n) is 8.84. The molecule has 0 unspecified atom stereocenters. The molecule has 8 heteroatoms. The average Bonchev–Trinajstić information content (AvgIpc) is 2.25. The highest BCUT2D eigenvalue weighted by atomic mass is 32.2. The number of halogens is 4. The average molecular weight is 279 g/mol. The molecule has 3 nitrogen and oxygen atoms in total. The largest absolute Gasteiger partial charge is 0.465 e. The van der Waals surface area contributed by atoms with E-state index in [0.29, 0.717) is 6.07 Å². The Morgan fingerprint density at radius 2 is 2.06 bits per heavy atom. The number of carbonyl (C=O) groups is 1. The molecule has 0 N–H and O–H groups in total. The van der Waals surface area contributed by atoms with Crippen LogP contribution in [-0.2, 0) is 4.74 Å². The van der Waals surface area contributed by atoms with E-state index in [1.165, 1.54) is 6.07 Å². The SMILES string of the molecule is COC(=O)c1cc(F)c(C#N)c(SC(F)(F)F)c1. The molecule has 1 aromatic carbocycles. The first-order valence-corrected chi connectivity index (χ1v) is 5.18. The van der Waals surface area contributed by atoms with E-state index in [1.807, 2.05) is 0 Å². The Hall–Kier alpha value is -1.75. The van der Waals surface area contributed by atoms with E-state index < -0.39 is 39.5 Å². The van der Waals surface area contributed by atoms with Gasteiger partial charge in [-0.25, -0.2) is 9.18 Å². The summed E-state index contributed by atoms with van der Waals surface area (Å²) in [5, 5.41) is 8.60. The third kappa shape index (κ3) is 3.37. The maximum Gasteiger partial charge on any atom is 0.446 e. The minimum atomic E-state index is -4.69. The van der Waals surface area contributed by atoms with Crippen LogP contribution < -0.4 is 0 Å². The maximum absolute atomic E-state index is 13.4. The summed E-state index contributed by atoms with van der Waals surface area (Å²) in [5.41, 5.74) is -5.84. The van der Waals surface area contributed by atoms with Crippen molar-refractivity contribution in [2.75, 3.05) is 7.11 Å². The van der Waals surface area contributed by atoms with Gasteiger partial charge in [0.2, 0.25) is 0 Å². The lowest BCUT2D eigenvalue weighted by Crippen LogP contribution is -2.06. The summed E-state index contributed by atoms with van der Waals surface area (Å²) < 4.78 is 54.3. The molecule has 0 radical (unpaired) electrons. The van der Waals surface area contributed by atoms with Crippen LogP contribution in [0.25, 0.3) is 0 Å². The van der Waals surface area contributed by atoms with Crippen molar-refractivity contribution >= 4 is 17.7 Å². The van der Waals surface area contributed by atoms with E-state index in [9.17, 15) is 22.4 Å². The van der Waals surface area contributed by atoms with Crippen LogP contribution in [0.15, 0.2) is 17.0 Å². The van der Waals surface area contributed by atoms with Gasteiger partial charge in [-0.15, -0.1) is 0 Å². The van der Waals surface area contributed by atoms with Gasteiger partial charge < -0.3 is 4.74 Å². The maximum atomic E-state index is 13.4. The molecule has 0 saturated heterocycles. The van der Waals surface area contributed by atoms with Gasteiger partial charge in [0.1, 0.15) is 17.4 Å². The molecule has 0 aromatic heterocycles. The highest BCUT2D eigenvalue weighted by Crippen LogP contribution is 2.39. The smallest absolute Gasteiger partial charge is 0.446 e. The van der Waals surface area contributed by atoms with Crippen molar-refractivity contribution in [3.8, 4) is 6.07 Å². The summed E-state index contributed by atoms with van der Waals surface area (Å²) in [4.78, 5) is 10.4. The Morgan fingerprint density at radius 3 is 2.50 bits per heavy atom. The van der Waals surface area contributed by atoms with Crippen molar-refractivity contribution in [3.05, 3.63) is 29.1 Å². The van der Waals surface area contributed by atoms with Crippen LogP contribution in [0.5, 0.6) is 0 Å². The standard InChI is InChI=1S/C10H5F4NO2S/c1-17-9(16)5-2-7(11)6(4-15)8(3-5)18-10(12,13)14/h2-3H,1H3. The molecule has 96 valence electrons. The fourth-order valence-corrected chi connectivity index (χ4v) is 1.81. The van der Waals surface area contributed by atoms with E-state index in [-0.39, 0.29) is 5.56 Å². The summed E-state index contributed by atoms with van der Waals surface area (Å²) in [7, 11) is 1.01. The van der Waals surface area contributed by atoms with Gasteiger partial charge in [0.25, 0.3) is 0 Å². The molecule has 1 aromatic rings. The summed E-state index contributed by atoms with van der Waals surface area (Å²) in [5.74, 6) is -2.19. The van der Waals surface area contributed by atoms with Gasteiger partial charge in [-0.1, -0.05) is 0 Å². The van der Waals surface area contributed by atoms with Crippen molar-refractivity contribution in [2.24, 2.45) is 0 Å². The Kier molecular flexibility index (Phi) is 4.19. The predicted octanol–water partition coefficient (Wildman–Crippen LogP) is 3.10. The summed E-state index contributed by atoms with van der Waals surface area (Å²) in [6.07, 6.45) is 0. The third-order valence-corrected chi connectivity index (χ3v) is 2.59. The van der Waals surface area contributed by atoms with Crippen LogP contribution in [0.4, 0.5) is 17.6 Å². The van der Waals surface area contributed by atoms with E-state index in [2.05, 4.69) is 4.74 Å². The summed E-state index contributed by atoms with van der Waals surface area (Å²) in [6, 6.07) is 2.75. The molecule has 0 aliphatic carbocycles. The fourth-order valence-electron chi connectivity index (χ4n) is 1.13. The molecule has 0 saturated carbocycles. The highest BCUT2D eigenvalue weighted by molar-refractivity contribution is 8.00. The molecule has 0 spiro atoms. The lowest BCUT2D eigenvalue weighted by Gasteiger charge is -2.09. The van der Waals surface area contributed by atoms with E-state index in [1.54, 1.807) is 0 Å². The van der Waals surface area contributed by atoms with Crippen molar-refractivity contribution in [3.63, 3.8) is 0 Å². The number of nitriles is 1. The minimum absolute atomic E-state index is 0.388. The van der Waals surface area contributed by atoms with Gasteiger partial charge >= 0.3 is 11.5 Å². The first-order chi connectivity index (χ1) is 8.28. The Bertz CT molecular complexity index is 522. The van der Waals surface area contributed by atoms with Gasteiger partial charge in [0.05, 0.1) is 12.7 Å². The van der Waals surface area contributed by atoms with Gasteiger partial charge in [0, 0.05) is 4.90 Å². The molecule has 18 heavy (non-hydrogen) atoms. The monoisotopic (exact) mass is 279 g/mol. The first-order valence-electron chi connectivity index (χ1n) is 4.36. The zero-order valence-corrected chi connectivity index (χ0v) is 9.66. The molecule has 0 fully saturated rings. The number of hydrogen-bond donors (Lipinski definition) is 0. The van der Waals surface area contributed by atoms with Crippen LogP contribution in [-0.4, -0.2) is 18.6 Å².